The molecule has 0 aromatic heterocycles. The highest BCUT2D eigenvalue weighted by atomic mass is 19.1. The number of hydrogen-bond donors (Lipinski definition) is 2. The number of rotatable bonds is 4. The molecule has 21 heavy (non-hydrogen) atoms. The van der Waals surface area contributed by atoms with Gasteiger partial charge in [0.05, 0.1) is 5.56 Å². The topological polar surface area (TPSA) is 66.4 Å². The fraction of sp³-hybridized carbons (Fsp3) is 0. The molecule has 0 bridgehead atoms. The number of amides is 1. The second kappa shape index (κ2) is 6.47. The predicted molar refractivity (Wildman–Crippen MR) is 77.5 cm³/mol. The summed E-state index contributed by atoms with van der Waals surface area (Å²) >= 11 is 0. The lowest BCUT2D eigenvalue weighted by Gasteiger charge is -2.03. The molecule has 0 heterocycles. The number of benzene rings is 2. The molecule has 0 fully saturated rings. The Bertz CT molecular complexity index is 693. The highest BCUT2D eigenvalue weighted by Gasteiger charge is 2.04. The van der Waals surface area contributed by atoms with E-state index in [0.717, 1.165) is 0 Å². The minimum absolute atomic E-state index is 0.0929. The molecule has 4 nitrogen and oxygen atoms in total. The van der Waals surface area contributed by atoms with Crippen molar-refractivity contribution in [3.63, 3.8) is 0 Å². The van der Waals surface area contributed by atoms with Gasteiger partial charge < -0.3 is 10.4 Å². The van der Waals surface area contributed by atoms with Crippen LogP contribution < -0.4 is 5.32 Å². The van der Waals surface area contributed by atoms with Crippen LogP contribution in [-0.2, 0) is 4.79 Å². The van der Waals surface area contributed by atoms with E-state index in [1.165, 1.54) is 36.4 Å². The van der Waals surface area contributed by atoms with Crippen molar-refractivity contribution >= 4 is 23.6 Å². The van der Waals surface area contributed by atoms with E-state index in [9.17, 15) is 14.0 Å². The number of carbonyl (C=O) groups is 2. The van der Waals surface area contributed by atoms with E-state index in [2.05, 4.69) is 5.32 Å². The lowest BCUT2D eigenvalue weighted by atomic mass is 10.2. The molecule has 2 aromatic rings. The molecule has 1 amide bonds. The molecule has 0 saturated heterocycles. The third-order valence-electron chi connectivity index (χ3n) is 2.67. The van der Waals surface area contributed by atoms with Crippen molar-refractivity contribution in [2.24, 2.45) is 0 Å². The van der Waals surface area contributed by atoms with Crippen LogP contribution in [0.3, 0.4) is 0 Å². The van der Waals surface area contributed by atoms with Gasteiger partial charge in [-0.05, 0) is 42.0 Å². The van der Waals surface area contributed by atoms with Crippen LogP contribution in [0.5, 0.6) is 0 Å². The van der Waals surface area contributed by atoms with Crippen molar-refractivity contribution in [1.82, 2.24) is 0 Å². The monoisotopic (exact) mass is 285 g/mol. The van der Waals surface area contributed by atoms with E-state index in [1.54, 1.807) is 24.3 Å². The molecular formula is C16H12FNO3. The number of anilines is 1. The summed E-state index contributed by atoms with van der Waals surface area (Å²) in [5.41, 5.74) is 1.17. The highest BCUT2D eigenvalue weighted by molar-refractivity contribution is 6.02. The Labute approximate surface area is 120 Å². The summed E-state index contributed by atoms with van der Waals surface area (Å²) in [5, 5.41) is 11.4. The maximum absolute atomic E-state index is 12.7. The van der Waals surface area contributed by atoms with Gasteiger partial charge in [-0.25, -0.2) is 9.18 Å². The number of halogens is 1. The van der Waals surface area contributed by atoms with Crippen molar-refractivity contribution in [3.05, 3.63) is 71.6 Å². The quantitative estimate of drug-likeness (QED) is 0.848. The fourth-order valence-corrected chi connectivity index (χ4v) is 1.66. The molecule has 5 heteroatoms. The summed E-state index contributed by atoms with van der Waals surface area (Å²) in [6, 6.07) is 11.6. The van der Waals surface area contributed by atoms with E-state index in [0.29, 0.717) is 11.3 Å². The van der Waals surface area contributed by atoms with Crippen LogP contribution in [0, 0.1) is 5.82 Å². The van der Waals surface area contributed by atoms with E-state index < -0.39 is 11.9 Å². The maximum atomic E-state index is 12.7. The summed E-state index contributed by atoms with van der Waals surface area (Å²) in [5.74, 6) is -1.81. The van der Waals surface area contributed by atoms with Crippen molar-refractivity contribution in [1.29, 1.82) is 0 Å². The third-order valence-corrected chi connectivity index (χ3v) is 2.67. The standard InChI is InChI=1S/C16H12FNO3/c17-13-7-4-11(5-8-13)6-9-15(19)18-14-3-1-2-12(10-14)16(20)21/h1-10H,(H,18,19)(H,20,21). The van der Waals surface area contributed by atoms with Gasteiger partial charge in [0, 0.05) is 11.8 Å². The molecule has 0 aliphatic carbocycles. The smallest absolute Gasteiger partial charge is 0.335 e. The third kappa shape index (κ3) is 4.28. The van der Waals surface area contributed by atoms with Gasteiger partial charge in [0.15, 0.2) is 0 Å². The average molecular weight is 285 g/mol. The first-order chi connectivity index (χ1) is 10.0. The summed E-state index contributed by atoms with van der Waals surface area (Å²) in [6.07, 6.45) is 2.83. The molecule has 106 valence electrons. The molecule has 0 saturated carbocycles. The number of hydrogen-bond acceptors (Lipinski definition) is 2. The van der Waals surface area contributed by atoms with E-state index >= 15 is 0 Å². The van der Waals surface area contributed by atoms with Crippen LogP contribution in [0.4, 0.5) is 10.1 Å². The van der Waals surface area contributed by atoms with E-state index in [1.807, 2.05) is 0 Å². The molecule has 0 unspecified atom stereocenters. The number of carbonyl (C=O) groups excluding carboxylic acids is 1. The lowest BCUT2D eigenvalue weighted by Crippen LogP contribution is -2.08. The van der Waals surface area contributed by atoms with Crippen LogP contribution in [0.25, 0.3) is 6.08 Å². The molecule has 0 aliphatic heterocycles. The second-order valence-electron chi connectivity index (χ2n) is 4.26. The second-order valence-corrected chi connectivity index (χ2v) is 4.26. The molecule has 2 rings (SSSR count). The summed E-state index contributed by atoms with van der Waals surface area (Å²) in [4.78, 5) is 22.5. The fourth-order valence-electron chi connectivity index (χ4n) is 1.66. The Morgan fingerprint density at radius 3 is 2.48 bits per heavy atom. The molecule has 0 spiro atoms. The Morgan fingerprint density at radius 1 is 1.10 bits per heavy atom. The van der Waals surface area contributed by atoms with Crippen molar-refractivity contribution in [3.8, 4) is 0 Å². The van der Waals surface area contributed by atoms with E-state index in [-0.39, 0.29) is 11.4 Å². The van der Waals surface area contributed by atoms with Gasteiger partial charge in [-0.2, -0.15) is 0 Å². The highest BCUT2D eigenvalue weighted by Crippen LogP contribution is 2.11. The molecule has 2 N–H and O–H groups in total. The number of carboxylic acids is 1. The van der Waals surface area contributed by atoms with Gasteiger partial charge in [0.25, 0.3) is 0 Å². The van der Waals surface area contributed by atoms with Crippen LogP contribution in [-0.4, -0.2) is 17.0 Å². The van der Waals surface area contributed by atoms with Gasteiger partial charge in [-0.15, -0.1) is 0 Å². The first kappa shape index (κ1) is 14.5. The molecule has 0 atom stereocenters. The number of nitrogens with one attached hydrogen (secondary N) is 1. The Morgan fingerprint density at radius 2 is 1.81 bits per heavy atom. The summed E-state index contributed by atoms with van der Waals surface area (Å²) in [7, 11) is 0. The minimum atomic E-state index is -1.06. The van der Waals surface area contributed by atoms with Gasteiger partial charge in [-0.3, -0.25) is 4.79 Å². The van der Waals surface area contributed by atoms with Crippen LogP contribution in [0.2, 0.25) is 0 Å². The summed E-state index contributed by atoms with van der Waals surface area (Å²) in [6.45, 7) is 0. The Balaban J connectivity index is 2.03. The van der Waals surface area contributed by atoms with Crippen molar-refractivity contribution < 1.29 is 19.1 Å². The average Bonchev–Trinajstić information content (AvgIpc) is 2.47. The van der Waals surface area contributed by atoms with Crippen LogP contribution in [0.1, 0.15) is 15.9 Å². The zero-order valence-electron chi connectivity index (χ0n) is 10.9. The molecule has 0 radical (unpaired) electrons. The Kier molecular flexibility index (Phi) is 4.46. The predicted octanol–water partition coefficient (Wildman–Crippen LogP) is 3.18. The largest absolute Gasteiger partial charge is 0.478 e. The first-order valence-corrected chi connectivity index (χ1v) is 6.12. The van der Waals surface area contributed by atoms with Crippen molar-refractivity contribution in [2.75, 3.05) is 5.32 Å². The first-order valence-electron chi connectivity index (χ1n) is 6.12. The zero-order valence-corrected chi connectivity index (χ0v) is 10.9. The van der Waals surface area contributed by atoms with Crippen LogP contribution in [0.15, 0.2) is 54.6 Å². The summed E-state index contributed by atoms with van der Waals surface area (Å²) < 4.78 is 12.7. The van der Waals surface area contributed by atoms with E-state index in [4.69, 9.17) is 5.11 Å². The lowest BCUT2D eigenvalue weighted by molar-refractivity contribution is -0.111. The molecular weight excluding hydrogens is 273 g/mol. The van der Waals surface area contributed by atoms with Gasteiger partial charge in [-0.1, -0.05) is 18.2 Å². The van der Waals surface area contributed by atoms with Gasteiger partial charge in [0.1, 0.15) is 5.82 Å². The Hall–Kier alpha value is -2.95. The number of carboxylic acid groups (broad SMARTS) is 1. The maximum Gasteiger partial charge on any atom is 0.335 e. The van der Waals surface area contributed by atoms with Gasteiger partial charge in [0.2, 0.25) is 5.91 Å². The SMILES string of the molecule is O=C(C=Cc1ccc(F)cc1)Nc1cccc(C(=O)O)c1. The normalized spacial score (nSPS) is 10.5. The molecule has 2 aromatic carbocycles. The van der Waals surface area contributed by atoms with Crippen molar-refractivity contribution in [2.45, 2.75) is 0 Å². The zero-order chi connectivity index (χ0) is 15.2. The number of aromatic carboxylic acids is 1. The van der Waals surface area contributed by atoms with Crippen LogP contribution >= 0.6 is 0 Å². The minimum Gasteiger partial charge on any atom is -0.478 e. The molecule has 0 aliphatic rings. The van der Waals surface area contributed by atoms with Gasteiger partial charge >= 0.3 is 5.97 Å².